The maximum atomic E-state index is 13.2. The molecule has 8 nitrogen and oxygen atoms in total. The highest BCUT2D eigenvalue weighted by Gasteiger charge is 2.17. The smallest absolute Gasteiger partial charge is 0.251 e. The third kappa shape index (κ3) is 3.75. The highest BCUT2D eigenvalue weighted by atomic mass is 19.1. The Balaban J connectivity index is 1.53. The summed E-state index contributed by atoms with van der Waals surface area (Å²) in [4.78, 5) is 12.7. The summed E-state index contributed by atoms with van der Waals surface area (Å²) in [7, 11) is 0. The van der Waals surface area contributed by atoms with Gasteiger partial charge in [-0.2, -0.15) is 5.10 Å². The van der Waals surface area contributed by atoms with Crippen LogP contribution in [-0.4, -0.2) is 35.9 Å². The summed E-state index contributed by atoms with van der Waals surface area (Å²) in [5.41, 5.74) is 3.68. The molecule has 0 aliphatic heterocycles. The summed E-state index contributed by atoms with van der Waals surface area (Å²) in [5.74, 6) is -0.523. The minimum Gasteiger partial charge on any atom is -0.345 e. The highest BCUT2D eigenvalue weighted by Crippen LogP contribution is 2.21. The van der Waals surface area contributed by atoms with E-state index in [0.717, 1.165) is 16.9 Å². The molecule has 0 spiro atoms. The summed E-state index contributed by atoms with van der Waals surface area (Å²) in [6.45, 7) is 3.80. The van der Waals surface area contributed by atoms with Crippen molar-refractivity contribution in [2.45, 2.75) is 19.9 Å². The number of hydrogen-bond acceptors (Lipinski definition) is 5. The number of carbonyl (C=O) groups is 1. The van der Waals surface area contributed by atoms with Gasteiger partial charge in [-0.25, -0.2) is 13.8 Å². The van der Waals surface area contributed by atoms with Crippen LogP contribution in [-0.2, 0) is 0 Å². The first-order valence-electron chi connectivity index (χ1n) is 8.97. The van der Waals surface area contributed by atoms with Crippen molar-refractivity contribution in [3.63, 3.8) is 0 Å². The molecule has 1 N–H and O–H groups in total. The van der Waals surface area contributed by atoms with Crippen molar-refractivity contribution in [1.82, 2.24) is 35.3 Å². The summed E-state index contributed by atoms with van der Waals surface area (Å²) < 4.78 is 16.4. The topological polar surface area (TPSA) is 90.5 Å². The van der Waals surface area contributed by atoms with Gasteiger partial charge in [0, 0.05) is 16.8 Å². The van der Waals surface area contributed by atoms with Crippen molar-refractivity contribution in [3.8, 4) is 11.4 Å². The van der Waals surface area contributed by atoms with E-state index in [1.807, 2.05) is 19.9 Å². The summed E-state index contributed by atoms with van der Waals surface area (Å²) in [5, 5.41) is 18.4. The highest BCUT2D eigenvalue weighted by molar-refractivity contribution is 5.95. The van der Waals surface area contributed by atoms with Crippen molar-refractivity contribution in [3.05, 3.63) is 83.7 Å². The zero-order valence-corrected chi connectivity index (χ0v) is 15.8. The third-order valence-corrected chi connectivity index (χ3v) is 4.65. The van der Waals surface area contributed by atoms with Gasteiger partial charge in [-0.05, 0) is 66.7 Å². The van der Waals surface area contributed by atoms with Gasteiger partial charge in [0.05, 0.1) is 23.6 Å². The van der Waals surface area contributed by atoms with E-state index in [-0.39, 0.29) is 17.8 Å². The van der Waals surface area contributed by atoms with E-state index in [1.54, 1.807) is 41.2 Å². The maximum absolute atomic E-state index is 13.2. The number of nitrogens with one attached hydrogen (secondary N) is 1. The molecule has 4 aromatic rings. The van der Waals surface area contributed by atoms with Crippen LogP contribution in [0.5, 0.6) is 0 Å². The Labute approximate surface area is 166 Å². The Bertz CT molecular complexity index is 1140. The number of carbonyl (C=O) groups excluding carboxylic acids is 1. The van der Waals surface area contributed by atoms with Crippen LogP contribution in [0.25, 0.3) is 11.4 Å². The number of aromatic nitrogens is 6. The van der Waals surface area contributed by atoms with Crippen LogP contribution in [0, 0.1) is 12.7 Å². The van der Waals surface area contributed by atoms with Gasteiger partial charge < -0.3 is 5.32 Å². The fourth-order valence-corrected chi connectivity index (χ4v) is 3.12. The lowest BCUT2D eigenvalue weighted by atomic mass is 10.1. The second kappa shape index (κ2) is 7.63. The van der Waals surface area contributed by atoms with Crippen LogP contribution in [0.15, 0.2) is 61.1 Å². The largest absolute Gasteiger partial charge is 0.345 e. The van der Waals surface area contributed by atoms with Crippen LogP contribution in [0.4, 0.5) is 4.39 Å². The van der Waals surface area contributed by atoms with Gasteiger partial charge in [0.15, 0.2) is 0 Å². The maximum Gasteiger partial charge on any atom is 0.251 e. The first kappa shape index (κ1) is 18.5. The molecule has 0 aliphatic rings. The molecule has 1 amide bonds. The van der Waals surface area contributed by atoms with Gasteiger partial charge in [0.1, 0.15) is 12.1 Å². The average molecular weight is 391 g/mol. The van der Waals surface area contributed by atoms with Crippen LogP contribution >= 0.6 is 0 Å². The van der Waals surface area contributed by atoms with Crippen molar-refractivity contribution in [2.24, 2.45) is 0 Å². The number of benzene rings is 2. The lowest BCUT2D eigenvalue weighted by molar-refractivity contribution is 0.0940. The minimum absolute atomic E-state index is 0.221. The lowest BCUT2D eigenvalue weighted by Gasteiger charge is -2.14. The van der Waals surface area contributed by atoms with E-state index < -0.39 is 0 Å². The second-order valence-electron chi connectivity index (χ2n) is 6.57. The quantitative estimate of drug-likeness (QED) is 0.565. The number of amides is 1. The molecular formula is C20H18FN7O. The number of tetrazole rings is 1. The molecule has 0 saturated heterocycles. The molecule has 29 heavy (non-hydrogen) atoms. The molecule has 1 atom stereocenters. The Morgan fingerprint density at radius 1 is 1.14 bits per heavy atom. The van der Waals surface area contributed by atoms with E-state index in [1.165, 1.54) is 23.1 Å². The first-order valence-corrected chi connectivity index (χ1v) is 8.97. The Hall–Kier alpha value is -3.88. The molecule has 0 radical (unpaired) electrons. The number of hydrogen-bond donors (Lipinski definition) is 1. The average Bonchev–Trinajstić information content (AvgIpc) is 3.39. The van der Waals surface area contributed by atoms with Gasteiger partial charge in [-0.3, -0.25) is 4.79 Å². The molecule has 2 aromatic heterocycles. The van der Waals surface area contributed by atoms with Crippen LogP contribution in [0.1, 0.15) is 34.6 Å². The molecule has 0 fully saturated rings. The molecular weight excluding hydrogens is 373 g/mol. The molecule has 9 heteroatoms. The van der Waals surface area contributed by atoms with E-state index in [0.29, 0.717) is 11.3 Å². The van der Waals surface area contributed by atoms with Crippen molar-refractivity contribution < 1.29 is 9.18 Å². The summed E-state index contributed by atoms with van der Waals surface area (Å²) in [6, 6.07) is 12.9. The standard InChI is InChI=1S/C20H18FN7O/c1-13(19-11-23-28(14(19)2)17-8-6-16(21)7-9-17)24-20(29)15-4-3-5-18(10-15)27-12-22-25-26-27/h3-13H,1-2H3,(H,24,29). The fourth-order valence-electron chi connectivity index (χ4n) is 3.12. The van der Waals surface area contributed by atoms with E-state index >= 15 is 0 Å². The van der Waals surface area contributed by atoms with Gasteiger partial charge in [0.2, 0.25) is 0 Å². The Morgan fingerprint density at radius 3 is 2.66 bits per heavy atom. The molecule has 0 saturated carbocycles. The van der Waals surface area contributed by atoms with Crippen molar-refractivity contribution in [2.75, 3.05) is 0 Å². The van der Waals surface area contributed by atoms with E-state index in [9.17, 15) is 9.18 Å². The normalized spacial score (nSPS) is 12.0. The van der Waals surface area contributed by atoms with Gasteiger partial charge in [0.25, 0.3) is 5.91 Å². The lowest BCUT2D eigenvalue weighted by Crippen LogP contribution is -2.27. The van der Waals surface area contributed by atoms with Crippen LogP contribution in [0.2, 0.25) is 0 Å². The number of rotatable bonds is 5. The third-order valence-electron chi connectivity index (χ3n) is 4.65. The van der Waals surface area contributed by atoms with Crippen molar-refractivity contribution in [1.29, 1.82) is 0 Å². The number of halogens is 1. The molecule has 0 aliphatic carbocycles. The Kier molecular flexibility index (Phi) is 4.86. The van der Waals surface area contributed by atoms with Gasteiger partial charge >= 0.3 is 0 Å². The molecule has 2 heterocycles. The van der Waals surface area contributed by atoms with Crippen LogP contribution < -0.4 is 5.32 Å². The second-order valence-corrected chi connectivity index (χ2v) is 6.57. The first-order chi connectivity index (χ1) is 14.0. The summed E-state index contributed by atoms with van der Waals surface area (Å²) in [6.07, 6.45) is 3.17. The number of nitrogens with zero attached hydrogens (tertiary/aromatic N) is 6. The van der Waals surface area contributed by atoms with Crippen molar-refractivity contribution >= 4 is 5.91 Å². The molecule has 2 aromatic carbocycles. The Morgan fingerprint density at radius 2 is 1.93 bits per heavy atom. The van der Waals surface area contributed by atoms with E-state index in [4.69, 9.17) is 0 Å². The predicted molar refractivity (Wildman–Crippen MR) is 103 cm³/mol. The van der Waals surface area contributed by atoms with E-state index in [2.05, 4.69) is 25.9 Å². The predicted octanol–water partition coefficient (Wildman–Crippen LogP) is 2.79. The van der Waals surface area contributed by atoms with Gasteiger partial charge in [-0.1, -0.05) is 6.07 Å². The molecule has 4 rings (SSSR count). The van der Waals surface area contributed by atoms with Crippen LogP contribution in [0.3, 0.4) is 0 Å². The zero-order valence-electron chi connectivity index (χ0n) is 15.8. The minimum atomic E-state index is -0.302. The molecule has 1 unspecified atom stereocenters. The SMILES string of the molecule is Cc1c(C(C)NC(=O)c2cccc(-n3cnnn3)c2)cnn1-c1ccc(F)cc1. The summed E-state index contributed by atoms with van der Waals surface area (Å²) >= 11 is 0. The molecule has 146 valence electrons. The zero-order chi connectivity index (χ0) is 20.4. The molecule has 0 bridgehead atoms. The van der Waals surface area contributed by atoms with Gasteiger partial charge in [-0.15, -0.1) is 5.10 Å². The monoisotopic (exact) mass is 391 g/mol. The fraction of sp³-hybridized carbons (Fsp3) is 0.150.